The second-order valence-corrected chi connectivity index (χ2v) is 8.01. The van der Waals surface area contributed by atoms with E-state index in [-0.39, 0.29) is 12.1 Å². The molecule has 3 heterocycles. The first-order chi connectivity index (χ1) is 14.3. The third-order valence-corrected chi connectivity index (χ3v) is 6.21. The predicted octanol–water partition coefficient (Wildman–Crippen LogP) is 4.44. The van der Waals surface area contributed by atoms with Gasteiger partial charge < -0.3 is 10.2 Å². The van der Waals surface area contributed by atoms with Gasteiger partial charge in [-0.1, -0.05) is 50.1 Å². The van der Waals surface area contributed by atoms with E-state index in [1.165, 1.54) is 31.2 Å². The van der Waals surface area contributed by atoms with Crippen molar-refractivity contribution in [3.05, 3.63) is 54.2 Å². The zero-order valence-corrected chi connectivity index (χ0v) is 17.0. The third kappa shape index (κ3) is 3.14. The van der Waals surface area contributed by atoms with Crippen molar-refractivity contribution in [3.8, 4) is 5.69 Å². The van der Waals surface area contributed by atoms with E-state index in [4.69, 9.17) is 4.98 Å². The number of nitrogens with one attached hydrogen (secondary N) is 1. The predicted molar refractivity (Wildman–Crippen MR) is 113 cm³/mol. The summed E-state index contributed by atoms with van der Waals surface area (Å²) in [5, 5.41) is 12.1. The average molecular weight is 390 g/mol. The SMILES string of the molecule is CCC1c2nncn2-c2cnc(NC(C)c3ccccc3)nc2N1C1CCCC1. The summed E-state index contributed by atoms with van der Waals surface area (Å²) in [5.41, 5.74) is 2.19. The number of rotatable bonds is 5. The van der Waals surface area contributed by atoms with Gasteiger partial charge in [0.2, 0.25) is 5.95 Å². The van der Waals surface area contributed by atoms with Gasteiger partial charge in [0.05, 0.1) is 18.3 Å². The second-order valence-electron chi connectivity index (χ2n) is 8.01. The quantitative estimate of drug-likeness (QED) is 0.695. The number of anilines is 2. The van der Waals surface area contributed by atoms with Crippen LogP contribution in [0.1, 0.15) is 69.4 Å². The van der Waals surface area contributed by atoms with Crippen LogP contribution in [0.2, 0.25) is 0 Å². The minimum Gasteiger partial charge on any atom is -0.348 e. The van der Waals surface area contributed by atoms with Crippen LogP contribution in [0.25, 0.3) is 5.69 Å². The highest BCUT2D eigenvalue weighted by atomic mass is 15.4. The van der Waals surface area contributed by atoms with E-state index in [1.807, 2.05) is 12.3 Å². The molecule has 2 unspecified atom stereocenters. The maximum atomic E-state index is 5.01. The first-order valence-electron chi connectivity index (χ1n) is 10.6. The molecule has 1 aliphatic carbocycles. The lowest BCUT2D eigenvalue weighted by Crippen LogP contribution is -2.42. The standard InChI is InChI=1S/C22H27N7/c1-3-18-21-27-24-14-28(21)19-13-23-22(25-15(2)16-9-5-4-6-10-16)26-20(19)29(18)17-11-7-8-12-17/h4-6,9-10,13-15,17-18H,3,7-8,11-12H2,1-2H3,(H,23,25,26). The van der Waals surface area contributed by atoms with Crippen LogP contribution in [0.3, 0.4) is 0 Å². The van der Waals surface area contributed by atoms with Crippen molar-refractivity contribution >= 4 is 11.8 Å². The Hall–Kier alpha value is -2.96. The van der Waals surface area contributed by atoms with E-state index in [1.54, 1.807) is 6.33 Å². The molecule has 0 saturated heterocycles. The van der Waals surface area contributed by atoms with Crippen LogP contribution in [0.5, 0.6) is 0 Å². The average Bonchev–Trinajstić information content (AvgIpc) is 3.45. The minimum absolute atomic E-state index is 0.130. The molecule has 1 aliphatic heterocycles. The minimum atomic E-state index is 0.130. The summed E-state index contributed by atoms with van der Waals surface area (Å²) < 4.78 is 2.05. The van der Waals surface area contributed by atoms with E-state index < -0.39 is 0 Å². The fraction of sp³-hybridized carbons (Fsp3) is 0.455. The van der Waals surface area contributed by atoms with Crippen molar-refractivity contribution in [1.82, 2.24) is 24.7 Å². The molecule has 2 aromatic heterocycles. The van der Waals surface area contributed by atoms with E-state index in [2.05, 4.69) is 68.1 Å². The van der Waals surface area contributed by atoms with Crippen LogP contribution in [-0.4, -0.2) is 30.8 Å². The van der Waals surface area contributed by atoms with Crippen molar-refractivity contribution in [2.75, 3.05) is 10.2 Å². The van der Waals surface area contributed by atoms with Crippen molar-refractivity contribution in [2.24, 2.45) is 0 Å². The Kier molecular flexibility index (Phi) is 4.66. The summed E-state index contributed by atoms with van der Waals surface area (Å²) in [5.74, 6) is 2.65. The molecule has 150 valence electrons. The van der Waals surface area contributed by atoms with Gasteiger partial charge in [-0.2, -0.15) is 4.98 Å². The van der Waals surface area contributed by atoms with Crippen molar-refractivity contribution in [2.45, 2.75) is 64.1 Å². The lowest BCUT2D eigenvalue weighted by atomic mass is 10.0. The third-order valence-electron chi connectivity index (χ3n) is 6.21. The Morgan fingerprint density at radius 1 is 1.17 bits per heavy atom. The first-order valence-corrected chi connectivity index (χ1v) is 10.6. The van der Waals surface area contributed by atoms with Gasteiger partial charge in [-0.05, 0) is 31.7 Å². The van der Waals surface area contributed by atoms with Crippen LogP contribution in [0.4, 0.5) is 11.8 Å². The molecule has 0 amide bonds. The molecular formula is C22H27N7. The fourth-order valence-corrected chi connectivity index (χ4v) is 4.73. The van der Waals surface area contributed by atoms with Crippen LogP contribution in [0, 0.1) is 0 Å². The highest BCUT2D eigenvalue weighted by Gasteiger charge is 2.38. The Balaban J connectivity index is 1.54. The molecule has 3 aromatic rings. The first kappa shape index (κ1) is 18.1. The number of benzene rings is 1. The number of fused-ring (bicyclic) bond motifs is 3. The van der Waals surface area contributed by atoms with Gasteiger partial charge in [0, 0.05) is 6.04 Å². The van der Waals surface area contributed by atoms with Crippen molar-refractivity contribution in [3.63, 3.8) is 0 Å². The molecule has 7 nitrogen and oxygen atoms in total. The molecule has 1 aromatic carbocycles. The van der Waals surface area contributed by atoms with Crippen molar-refractivity contribution < 1.29 is 0 Å². The van der Waals surface area contributed by atoms with Gasteiger partial charge >= 0.3 is 0 Å². The molecule has 1 saturated carbocycles. The fourth-order valence-electron chi connectivity index (χ4n) is 4.73. The van der Waals surface area contributed by atoms with Gasteiger partial charge in [-0.3, -0.25) is 4.57 Å². The number of nitrogens with zero attached hydrogens (tertiary/aromatic N) is 6. The van der Waals surface area contributed by atoms with Gasteiger partial charge in [0.25, 0.3) is 0 Å². The molecule has 1 fully saturated rings. The van der Waals surface area contributed by atoms with Crippen LogP contribution >= 0.6 is 0 Å². The van der Waals surface area contributed by atoms with Gasteiger partial charge in [-0.15, -0.1) is 10.2 Å². The highest BCUT2D eigenvalue weighted by Crippen LogP contribution is 2.42. The number of hydrogen-bond donors (Lipinski definition) is 1. The summed E-state index contributed by atoms with van der Waals surface area (Å²) in [6.45, 7) is 4.36. The molecule has 1 N–H and O–H groups in total. The van der Waals surface area contributed by atoms with Gasteiger partial charge in [0.15, 0.2) is 11.6 Å². The molecule has 0 radical (unpaired) electrons. The normalized spacial score (nSPS) is 19.7. The number of hydrogen-bond acceptors (Lipinski definition) is 6. The van der Waals surface area contributed by atoms with E-state index >= 15 is 0 Å². The lowest BCUT2D eigenvalue weighted by Gasteiger charge is -2.40. The van der Waals surface area contributed by atoms with Crippen LogP contribution in [0.15, 0.2) is 42.9 Å². The summed E-state index contributed by atoms with van der Waals surface area (Å²) in [6.07, 6.45) is 9.63. The molecule has 2 atom stereocenters. The maximum absolute atomic E-state index is 5.01. The van der Waals surface area contributed by atoms with Crippen LogP contribution < -0.4 is 10.2 Å². The van der Waals surface area contributed by atoms with Gasteiger partial charge in [0.1, 0.15) is 12.0 Å². The summed E-state index contributed by atoms with van der Waals surface area (Å²) in [7, 11) is 0. The maximum Gasteiger partial charge on any atom is 0.225 e. The Bertz CT molecular complexity index is 978. The highest BCUT2D eigenvalue weighted by molar-refractivity contribution is 5.63. The Morgan fingerprint density at radius 3 is 2.72 bits per heavy atom. The van der Waals surface area contributed by atoms with Crippen molar-refractivity contribution in [1.29, 1.82) is 0 Å². The summed E-state index contributed by atoms with van der Waals surface area (Å²) in [6, 6.07) is 11.2. The Morgan fingerprint density at radius 2 is 1.97 bits per heavy atom. The molecule has 0 bridgehead atoms. The smallest absolute Gasteiger partial charge is 0.225 e. The molecular weight excluding hydrogens is 362 g/mol. The summed E-state index contributed by atoms with van der Waals surface area (Å²) in [4.78, 5) is 12.1. The monoisotopic (exact) mass is 389 g/mol. The topological polar surface area (TPSA) is 71.8 Å². The molecule has 2 aliphatic rings. The van der Waals surface area contributed by atoms with E-state index in [0.717, 1.165) is 23.8 Å². The van der Waals surface area contributed by atoms with Crippen LogP contribution in [-0.2, 0) is 0 Å². The summed E-state index contributed by atoms with van der Waals surface area (Å²) >= 11 is 0. The zero-order valence-electron chi connectivity index (χ0n) is 17.0. The molecule has 0 spiro atoms. The Labute approximate surface area is 171 Å². The lowest BCUT2D eigenvalue weighted by molar-refractivity contribution is 0.469. The molecule has 5 rings (SSSR count). The van der Waals surface area contributed by atoms with E-state index in [9.17, 15) is 0 Å². The zero-order chi connectivity index (χ0) is 19.8. The molecule has 29 heavy (non-hydrogen) atoms. The largest absolute Gasteiger partial charge is 0.348 e. The molecule has 7 heteroatoms. The van der Waals surface area contributed by atoms with Gasteiger partial charge in [-0.25, -0.2) is 4.98 Å². The second kappa shape index (κ2) is 7.46. The van der Waals surface area contributed by atoms with E-state index in [0.29, 0.717) is 12.0 Å². The number of aromatic nitrogens is 5.